The number of carbonyl (C=O) groups excluding carboxylic acids is 1. The molecule has 9 nitrogen and oxygen atoms in total. The summed E-state index contributed by atoms with van der Waals surface area (Å²) in [4.78, 5) is 30.5. The van der Waals surface area contributed by atoms with E-state index in [4.69, 9.17) is 0 Å². The van der Waals surface area contributed by atoms with Crippen molar-refractivity contribution in [1.82, 2.24) is 30.6 Å². The van der Waals surface area contributed by atoms with Gasteiger partial charge in [0.15, 0.2) is 5.82 Å². The number of rotatable bonds is 6. The van der Waals surface area contributed by atoms with Gasteiger partial charge in [0.05, 0.1) is 29.3 Å². The molecule has 6 rings (SSSR count). The SMILES string of the molecule is O=C1NCCc2[nH]c(-c3nc(Nc4ccc(N5CCC(CC6CNC6)CC5)cn4)ncc3F)cc21. The maximum absolute atomic E-state index is 14.5. The molecule has 4 N–H and O–H groups in total. The number of fused-ring (bicyclic) bond motifs is 1. The van der Waals surface area contributed by atoms with Gasteiger partial charge in [-0.25, -0.2) is 19.3 Å². The molecular formula is C25H29FN8O. The molecule has 1 amide bonds. The Bertz CT molecular complexity index is 1210. The first kappa shape index (κ1) is 22.0. The summed E-state index contributed by atoms with van der Waals surface area (Å²) >= 11 is 0. The van der Waals surface area contributed by atoms with E-state index in [1.54, 1.807) is 6.07 Å². The van der Waals surface area contributed by atoms with Crippen molar-refractivity contribution in [2.24, 2.45) is 11.8 Å². The van der Waals surface area contributed by atoms with E-state index in [0.29, 0.717) is 30.0 Å². The fourth-order valence-electron chi connectivity index (χ4n) is 5.21. The summed E-state index contributed by atoms with van der Waals surface area (Å²) in [5, 5.41) is 9.22. The lowest BCUT2D eigenvalue weighted by atomic mass is 9.84. The number of amides is 1. The van der Waals surface area contributed by atoms with Gasteiger partial charge in [-0.3, -0.25) is 4.79 Å². The Labute approximate surface area is 203 Å². The molecule has 3 aliphatic rings. The third-order valence-electron chi connectivity index (χ3n) is 7.30. The van der Waals surface area contributed by atoms with Crippen molar-refractivity contribution in [3.8, 4) is 11.4 Å². The average Bonchev–Trinajstić information content (AvgIpc) is 3.29. The third-order valence-corrected chi connectivity index (χ3v) is 7.30. The average molecular weight is 477 g/mol. The van der Waals surface area contributed by atoms with Crippen molar-refractivity contribution < 1.29 is 9.18 Å². The number of halogens is 1. The summed E-state index contributed by atoms with van der Waals surface area (Å²) in [6.45, 7) is 5.04. The fraction of sp³-hybridized carbons (Fsp3) is 0.440. The van der Waals surface area contributed by atoms with Gasteiger partial charge in [-0.15, -0.1) is 0 Å². The number of piperidine rings is 1. The Morgan fingerprint density at radius 1 is 1.11 bits per heavy atom. The molecule has 35 heavy (non-hydrogen) atoms. The lowest BCUT2D eigenvalue weighted by Gasteiger charge is -2.37. The van der Waals surface area contributed by atoms with E-state index in [1.165, 1.54) is 32.4 Å². The number of anilines is 3. The van der Waals surface area contributed by atoms with E-state index in [2.05, 4.69) is 40.8 Å². The molecule has 6 heterocycles. The zero-order valence-corrected chi connectivity index (χ0v) is 19.5. The standard InChI is InChI=1S/C25H29FN8O/c26-19-14-30-25(33-23(19)21-10-18-20(31-21)3-6-28-24(18)35)32-22-2-1-17(13-29-22)34-7-4-15(5-8-34)9-16-11-27-12-16/h1-2,10,13-16,27,31H,3-9,11-12H2,(H,28,35)(H,29,30,32,33). The van der Waals surface area contributed by atoms with Crippen LogP contribution in [0.15, 0.2) is 30.6 Å². The van der Waals surface area contributed by atoms with Crippen LogP contribution >= 0.6 is 0 Å². The molecule has 0 aromatic carbocycles. The predicted octanol–water partition coefficient (Wildman–Crippen LogP) is 2.86. The fourth-order valence-corrected chi connectivity index (χ4v) is 5.21. The van der Waals surface area contributed by atoms with Crippen LogP contribution in [-0.2, 0) is 6.42 Å². The van der Waals surface area contributed by atoms with Crippen LogP contribution in [0.5, 0.6) is 0 Å². The Morgan fingerprint density at radius 2 is 1.97 bits per heavy atom. The number of pyridine rings is 1. The minimum Gasteiger partial charge on any atom is -0.370 e. The second-order valence-electron chi connectivity index (χ2n) is 9.69. The topological polar surface area (TPSA) is 111 Å². The summed E-state index contributed by atoms with van der Waals surface area (Å²) in [7, 11) is 0. The lowest BCUT2D eigenvalue weighted by molar-refractivity contribution is 0.0946. The predicted molar refractivity (Wildman–Crippen MR) is 131 cm³/mol. The summed E-state index contributed by atoms with van der Waals surface area (Å²) < 4.78 is 14.5. The van der Waals surface area contributed by atoms with Gasteiger partial charge in [-0.2, -0.15) is 0 Å². The zero-order valence-electron chi connectivity index (χ0n) is 19.5. The minimum absolute atomic E-state index is 0.113. The molecule has 2 saturated heterocycles. The van der Waals surface area contributed by atoms with Crippen LogP contribution in [-0.4, -0.2) is 58.6 Å². The quantitative estimate of drug-likeness (QED) is 0.433. The molecule has 0 radical (unpaired) electrons. The van der Waals surface area contributed by atoms with Crippen molar-refractivity contribution in [2.75, 3.05) is 42.9 Å². The second kappa shape index (κ2) is 9.26. The number of carbonyl (C=O) groups is 1. The van der Waals surface area contributed by atoms with Crippen molar-refractivity contribution in [3.63, 3.8) is 0 Å². The largest absolute Gasteiger partial charge is 0.370 e. The van der Waals surface area contributed by atoms with Crippen LogP contribution in [0.3, 0.4) is 0 Å². The van der Waals surface area contributed by atoms with Gasteiger partial charge in [-0.05, 0) is 62.4 Å². The van der Waals surface area contributed by atoms with Crippen LogP contribution < -0.4 is 20.9 Å². The van der Waals surface area contributed by atoms with Crippen molar-refractivity contribution in [2.45, 2.75) is 25.7 Å². The van der Waals surface area contributed by atoms with Crippen LogP contribution in [0.4, 0.5) is 21.8 Å². The molecule has 0 spiro atoms. The highest BCUT2D eigenvalue weighted by Crippen LogP contribution is 2.29. The number of aromatic amines is 1. The van der Waals surface area contributed by atoms with E-state index < -0.39 is 5.82 Å². The number of hydrogen-bond acceptors (Lipinski definition) is 7. The van der Waals surface area contributed by atoms with Gasteiger partial charge in [0.2, 0.25) is 5.95 Å². The molecule has 0 unspecified atom stereocenters. The van der Waals surface area contributed by atoms with E-state index in [9.17, 15) is 9.18 Å². The monoisotopic (exact) mass is 476 g/mol. The van der Waals surface area contributed by atoms with Gasteiger partial charge in [0.25, 0.3) is 5.91 Å². The third kappa shape index (κ3) is 4.58. The van der Waals surface area contributed by atoms with Crippen LogP contribution in [0, 0.1) is 17.7 Å². The molecule has 182 valence electrons. The molecule has 0 atom stereocenters. The summed E-state index contributed by atoms with van der Waals surface area (Å²) in [5.74, 6) is 1.81. The number of nitrogens with one attached hydrogen (secondary N) is 4. The lowest BCUT2D eigenvalue weighted by Crippen LogP contribution is -2.44. The summed E-state index contributed by atoms with van der Waals surface area (Å²) in [6, 6.07) is 5.58. The zero-order chi connectivity index (χ0) is 23.8. The second-order valence-corrected chi connectivity index (χ2v) is 9.69. The normalized spacial score (nSPS) is 18.7. The maximum atomic E-state index is 14.5. The number of hydrogen-bond donors (Lipinski definition) is 4. The first-order valence-electron chi connectivity index (χ1n) is 12.3. The molecule has 0 saturated carbocycles. The van der Waals surface area contributed by atoms with Gasteiger partial charge in [0, 0.05) is 31.7 Å². The smallest absolute Gasteiger partial charge is 0.253 e. The molecule has 3 aromatic rings. The van der Waals surface area contributed by atoms with Crippen LogP contribution in [0.25, 0.3) is 11.4 Å². The Hall–Kier alpha value is -3.53. The molecule has 2 fully saturated rings. The Kier molecular flexibility index (Phi) is 5.81. The Balaban J connectivity index is 1.11. The number of nitrogens with zero attached hydrogens (tertiary/aromatic N) is 4. The highest BCUT2D eigenvalue weighted by Gasteiger charge is 2.26. The molecule has 3 aliphatic heterocycles. The van der Waals surface area contributed by atoms with Crippen LogP contribution in [0.1, 0.15) is 35.3 Å². The van der Waals surface area contributed by atoms with Gasteiger partial charge in [0.1, 0.15) is 11.5 Å². The highest BCUT2D eigenvalue weighted by atomic mass is 19.1. The first-order chi connectivity index (χ1) is 17.1. The van der Waals surface area contributed by atoms with E-state index in [0.717, 1.165) is 42.5 Å². The molecule has 0 bridgehead atoms. The van der Waals surface area contributed by atoms with Crippen molar-refractivity contribution >= 4 is 23.4 Å². The van der Waals surface area contributed by atoms with Gasteiger partial charge >= 0.3 is 0 Å². The highest BCUT2D eigenvalue weighted by molar-refractivity contribution is 5.97. The number of H-pyrrole nitrogens is 1. The van der Waals surface area contributed by atoms with Crippen molar-refractivity contribution in [1.29, 1.82) is 0 Å². The first-order valence-corrected chi connectivity index (χ1v) is 12.3. The van der Waals surface area contributed by atoms with Crippen LogP contribution in [0.2, 0.25) is 0 Å². The van der Waals surface area contributed by atoms with Crippen molar-refractivity contribution in [3.05, 3.63) is 47.7 Å². The summed E-state index contributed by atoms with van der Waals surface area (Å²) in [6.07, 6.45) is 7.47. The van der Waals surface area contributed by atoms with E-state index >= 15 is 0 Å². The van der Waals surface area contributed by atoms with Gasteiger partial charge < -0.3 is 25.8 Å². The van der Waals surface area contributed by atoms with E-state index in [1.807, 2.05) is 18.3 Å². The minimum atomic E-state index is -0.560. The van der Waals surface area contributed by atoms with Gasteiger partial charge in [-0.1, -0.05) is 0 Å². The molecule has 10 heteroatoms. The summed E-state index contributed by atoms with van der Waals surface area (Å²) in [5.41, 5.74) is 2.99. The Morgan fingerprint density at radius 3 is 2.69 bits per heavy atom. The number of aromatic nitrogens is 4. The molecule has 3 aromatic heterocycles. The maximum Gasteiger partial charge on any atom is 0.253 e. The van der Waals surface area contributed by atoms with E-state index in [-0.39, 0.29) is 17.5 Å². The molecular weight excluding hydrogens is 447 g/mol. The molecule has 0 aliphatic carbocycles.